The Bertz CT molecular complexity index is 1170. The quantitative estimate of drug-likeness (QED) is 0.195. The summed E-state index contributed by atoms with van der Waals surface area (Å²) in [7, 11) is 0. The van der Waals surface area contributed by atoms with E-state index in [0.29, 0.717) is 15.6 Å². The van der Waals surface area contributed by atoms with E-state index in [2.05, 4.69) is 15.9 Å². The molecule has 30 heavy (non-hydrogen) atoms. The van der Waals surface area contributed by atoms with Crippen LogP contribution in [0.5, 0.6) is 0 Å². The van der Waals surface area contributed by atoms with Gasteiger partial charge in [0.15, 0.2) is 10.9 Å². The zero-order valence-electron chi connectivity index (χ0n) is 15.6. The van der Waals surface area contributed by atoms with Gasteiger partial charge in [0.2, 0.25) is 0 Å². The molecule has 0 unspecified atom stereocenters. The fourth-order valence-corrected chi connectivity index (χ4v) is 4.26. The Morgan fingerprint density at radius 2 is 1.50 bits per heavy atom. The molecule has 0 aliphatic carbocycles. The number of halogens is 3. The van der Waals surface area contributed by atoms with Crippen LogP contribution in [0.25, 0.3) is 16.9 Å². The molecule has 3 aromatic carbocycles. The van der Waals surface area contributed by atoms with Crippen molar-refractivity contribution >= 4 is 56.7 Å². The van der Waals surface area contributed by atoms with E-state index in [0.717, 1.165) is 26.6 Å². The molecule has 0 spiro atoms. The summed E-state index contributed by atoms with van der Waals surface area (Å²) in [4.78, 5) is 17.4. The van der Waals surface area contributed by atoms with Gasteiger partial charge in [0, 0.05) is 37.5 Å². The summed E-state index contributed by atoms with van der Waals surface area (Å²) >= 11 is 16.9. The highest BCUT2D eigenvalue weighted by molar-refractivity contribution is 9.10. The molecule has 0 atom stereocenters. The first kappa shape index (κ1) is 21.2. The summed E-state index contributed by atoms with van der Waals surface area (Å²) in [6, 6.07) is 22.4. The molecule has 0 saturated heterocycles. The SMILES string of the molecule is O=C(CSc1nc(-c2ccc(Cl)cc2)cn1-c1ccc(Cl)cc1)c1ccc(Br)cc1. The number of aromatic nitrogens is 2. The minimum Gasteiger partial charge on any atom is -0.294 e. The molecule has 4 aromatic rings. The maximum absolute atomic E-state index is 12.6. The largest absolute Gasteiger partial charge is 0.294 e. The van der Waals surface area contributed by atoms with Gasteiger partial charge in [-0.25, -0.2) is 4.98 Å². The third kappa shape index (κ3) is 4.98. The van der Waals surface area contributed by atoms with Crippen LogP contribution >= 0.6 is 50.9 Å². The second kappa shape index (κ2) is 9.40. The predicted molar refractivity (Wildman–Crippen MR) is 128 cm³/mol. The lowest BCUT2D eigenvalue weighted by molar-refractivity contribution is 0.102. The Labute approximate surface area is 197 Å². The summed E-state index contributed by atoms with van der Waals surface area (Å²) in [5, 5.41) is 2.06. The molecular formula is C23H15BrCl2N2OS. The maximum Gasteiger partial charge on any atom is 0.173 e. The van der Waals surface area contributed by atoms with Crippen molar-refractivity contribution in [1.82, 2.24) is 9.55 Å². The minimum atomic E-state index is 0.0474. The molecule has 4 rings (SSSR count). The Kier molecular flexibility index (Phi) is 6.64. The summed E-state index contributed by atoms with van der Waals surface area (Å²) < 4.78 is 2.91. The van der Waals surface area contributed by atoms with Crippen LogP contribution in [-0.4, -0.2) is 21.1 Å². The van der Waals surface area contributed by atoms with Gasteiger partial charge < -0.3 is 0 Å². The maximum atomic E-state index is 12.6. The van der Waals surface area contributed by atoms with Crippen molar-refractivity contribution in [1.29, 1.82) is 0 Å². The number of carbonyl (C=O) groups is 1. The van der Waals surface area contributed by atoms with E-state index in [1.165, 1.54) is 11.8 Å². The van der Waals surface area contributed by atoms with Gasteiger partial charge >= 0.3 is 0 Å². The Morgan fingerprint density at radius 3 is 2.13 bits per heavy atom. The van der Waals surface area contributed by atoms with Crippen LogP contribution in [0.2, 0.25) is 10.0 Å². The van der Waals surface area contributed by atoms with Gasteiger partial charge in [-0.1, -0.05) is 75.2 Å². The predicted octanol–water partition coefficient (Wildman–Crippen LogP) is 7.58. The Balaban J connectivity index is 1.64. The zero-order chi connectivity index (χ0) is 21.1. The van der Waals surface area contributed by atoms with Gasteiger partial charge in [0.25, 0.3) is 0 Å². The van der Waals surface area contributed by atoms with E-state index in [1.807, 2.05) is 83.6 Å². The third-order valence-corrected chi connectivity index (χ3v) is 6.40. The number of hydrogen-bond donors (Lipinski definition) is 0. The topological polar surface area (TPSA) is 34.9 Å². The van der Waals surface area contributed by atoms with Crippen LogP contribution in [0.15, 0.2) is 88.6 Å². The lowest BCUT2D eigenvalue weighted by Crippen LogP contribution is -2.04. The minimum absolute atomic E-state index is 0.0474. The van der Waals surface area contributed by atoms with E-state index in [4.69, 9.17) is 28.2 Å². The lowest BCUT2D eigenvalue weighted by atomic mass is 10.2. The number of hydrogen-bond acceptors (Lipinski definition) is 3. The highest BCUT2D eigenvalue weighted by Gasteiger charge is 2.15. The van der Waals surface area contributed by atoms with Crippen LogP contribution in [0.3, 0.4) is 0 Å². The standard InChI is InChI=1S/C23H15BrCl2N2OS/c24-17-5-1-16(2-6-17)22(29)14-30-23-27-21(15-3-7-18(25)8-4-15)13-28(23)20-11-9-19(26)10-12-20/h1-13H,14H2. The van der Waals surface area contributed by atoms with E-state index in [1.54, 1.807) is 0 Å². The summed E-state index contributed by atoms with van der Waals surface area (Å²) in [6.45, 7) is 0. The average Bonchev–Trinajstić information content (AvgIpc) is 3.18. The summed E-state index contributed by atoms with van der Waals surface area (Å²) in [5.74, 6) is 0.331. The van der Waals surface area contributed by atoms with Crippen LogP contribution in [-0.2, 0) is 0 Å². The molecule has 1 aromatic heterocycles. The van der Waals surface area contributed by atoms with Gasteiger partial charge in [0.1, 0.15) is 0 Å². The molecule has 0 aliphatic heterocycles. The first-order chi connectivity index (χ1) is 14.5. The average molecular weight is 518 g/mol. The van der Waals surface area contributed by atoms with E-state index >= 15 is 0 Å². The first-order valence-electron chi connectivity index (χ1n) is 9.02. The van der Waals surface area contributed by atoms with Crippen LogP contribution in [0.1, 0.15) is 10.4 Å². The highest BCUT2D eigenvalue weighted by atomic mass is 79.9. The van der Waals surface area contributed by atoms with Crippen molar-refractivity contribution in [3.05, 3.63) is 99.1 Å². The molecule has 0 N–H and O–H groups in total. The van der Waals surface area contributed by atoms with Gasteiger partial charge in [0.05, 0.1) is 11.4 Å². The molecular weight excluding hydrogens is 503 g/mol. The number of rotatable bonds is 6. The highest BCUT2D eigenvalue weighted by Crippen LogP contribution is 2.29. The zero-order valence-corrected chi connectivity index (χ0v) is 19.5. The normalized spacial score (nSPS) is 10.9. The van der Waals surface area contributed by atoms with Crippen LogP contribution in [0.4, 0.5) is 0 Å². The molecule has 7 heteroatoms. The van der Waals surface area contributed by atoms with E-state index in [-0.39, 0.29) is 11.5 Å². The number of ketones is 1. The smallest absolute Gasteiger partial charge is 0.173 e. The fraction of sp³-hybridized carbons (Fsp3) is 0.0435. The van der Waals surface area contributed by atoms with Gasteiger partial charge in [-0.2, -0.15) is 0 Å². The third-order valence-electron chi connectivity index (χ3n) is 4.42. The molecule has 0 bridgehead atoms. The summed E-state index contributed by atoms with van der Waals surface area (Å²) in [5.41, 5.74) is 3.35. The van der Waals surface area contributed by atoms with Crippen molar-refractivity contribution in [2.75, 3.05) is 5.75 Å². The van der Waals surface area contributed by atoms with Gasteiger partial charge in [-0.05, 0) is 48.5 Å². The second-order valence-corrected chi connectivity index (χ2v) is 9.21. The number of Topliss-reactive ketones (excluding diaryl/α,β-unsaturated/α-hetero) is 1. The van der Waals surface area contributed by atoms with Crippen LogP contribution in [0, 0.1) is 0 Å². The number of nitrogens with zero attached hydrogens (tertiary/aromatic N) is 2. The molecule has 150 valence electrons. The second-order valence-electron chi connectivity index (χ2n) is 6.48. The molecule has 0 radical (unpaired) electrons. The van der Waals surface area contributed by atoms with E-state index in [9.17, 15) is 4.79 Å². The molecule has 0 amide bonds. The fourth-order valence-electron chi connectivity index (χ4n) is 2.86. The van der Waals surface area contributed by atoms with Crippen molar-refractivity contribution in [3.63, 3.8) is 0 Å². The molecule has 0 fully saturated rings. The van der Waals surface area contributed by atoms with Gasteiger partial charge in [-0.3, -0.25) is 9.36 Å². The Morgan fingerprint density at radius 1 is 0.900 bits per heavy atom. The van der Waals surface area contributed by atoms with E-state index < -0.39 is 0 Å². The van der Waals surface area contributed by atoms with Crippen molar-refractivity contribution < 1.29 is 4.79 Å². The first-order valence-corrected chi connectivity index (χ1v) is 11.6. The molecule has 1 heterocycles. The number of carbonyl (C=O) groups excluding carboxylic acids is 1. The summed E-state index contributed by atoms with van der Waals surface area (Å²) in [6.07, 6.45) is 1.96. The lowest BCUT2D eigenvalue weighted by Gasteiger charge is -2.07. The Hall–Kier alpha value is -2.05. The molecule has 0 saturated carbocycles. The number of imidazole rings is 1. The van der Waals surface area contributed by atoms with Crippen molar-refractivity contribution in [2.45, 2.75) is 5.16 Å². The van der Waals surface area contributed by atoms with Crippen LogP contribution < -0.4 is 0 Å². The van der Waals surface area contributed by atoms with Crippen molar-refractivity contribution in [3.8, 4) is 16.9 Å². The number of thioether (sulfide) groups is 1. The van der Waals surface area contributed by atoms with Gasteiger partial charge in [-0.15, -0.1) is 0 Å². The van der Waals surface area contributed by atoms with Crippen molar-refractivity contribution in [2.24, 2.45) is 0 Å². The monoisotopic (exact) mass is 516 g/mol. The number of benzene rings is 3. The molecule has 3 nitrogen and oxygen atoms in total. The molecule has 0 aliphatic rings.